The molecule has 3 N–H and O–H groups in total. The molecular weight excluding hydrogens is 827 g/mol. The second-order valence-electron chi connectivity index (χ2n) is 19.0. The third-order valence-corrected chi connectivity index (χ3v) is 12.5. The Morgan fingerprint density at radius 3 is 1.31 bits per heavy atom. The molecule has 0 spiro atoms. The number of esters is 1. The Bertz CT molecular complexity index is 1280. The van der Waals surface area contributed by atoms with E-state index in [2.05, 4.69) is 111 Å². The first kappa shape index (κ1) is 64.0. The van der Waals surface area contributed by atoms with E-state index < -0.39 is 18.2 Å². The Morgan fingerprint density at radius 1 is 0.463 bits per heavy atom. The number of amides is 1. The summed E-state index contributed by atoms with van der Waals surface area (Å²) in [6, 6.07) is -0.727. The number of rotatable bonds is 50. The topological polar surface area (TPSA) is 95.9 Å². The largest absolute Gasteiger partial charge is 0.462 e. The highest BCUT2D eigenvalue weighted by molar-refractivity contribution is 5.77. The fourth-order valence-electron chi connectivity index (χ4n) is 8.22. The fraction of sp³-hybridized carbons (Fsp3) is 0.738. The van der Waals surface area contributed by atoms with Crippen LogP contribution in [-0.4, -0.2) is 46.9 Å². The molecule has 0 rings (SSSR count). The molecule has 0 heterocycles. The van der Waals surface area contributed by atoms with E-state index in [-0.39, 0.29) is 24.9 Å². The standard InChI is InChI=1S/C61H107NO5/c1-4-7-10-13-16-19-22-25-28-30-33-36-39-42-45-48-51-54-61(66)67-57(52-49-46-43-40-37-34-32-29-26-23-20-17-14-11-8-5-2)55-60(65)62-58(56-63)59(64)53-50-47-44-41-38-35-31-27-24-21-18-15-12-9-6-3/h7,10,16,19,25,28-29,32-34,36-37,42,45,57-59,63-64H,4-6,8-9,11-15,17-18,20-24,26-27,30-31,35,38-41,43-44,46-56H2,1-3H3,(H,62,65)/b10-7-,19-16-,28-25-,32-29+,36-33-,37-34+,45-42-. The molecule has 3 unspecified atom stereocenters. The summed E-state index contributed by atoms with van der Waals surface area (Å²) >= 11 is 0. The van der Waals surface area contributed by atoms with Gasteiger partial charge in [0.25, 0.3) is 0 Å². The van der Waals surface area contributed by atoms with Gasteiger partial charge < -0.3 is 20.3 Å². The summed E-state index contributed by atoms with van der Waals surface area (Å²) in [7, 11) is 0. The van der Waals surface area contributed by atoms with Gasteiger partial charge in [0.15, 0.2) is 0 Å². The number of ether oxygens (including phenoxy) is 1. The maximum atomic E-state index is 13.3. The van der Waals surface area contributed by atoms with Crippen molar-refractivity contribution in [2.45, 2.75) is 283 Å². The third kappa shape index (κ3) is 49.3. The molecule has 6 nitrogen and oxygen atoms in total. The van der Waals surface area contributed by atoms with E-state index >= 15 is 0 Å². The van der Waals surface area contributed by atoms with Gasteiger partial charge in [-0.1, -0.05) is 247 Å². The molecule has 1 amide bonds. The lowest BCUT2D eigenvalue weighted by atomic mass is 10.0. The summed E-state index contributed by atoms with van der Waals surface area (Å²) in [4.78, 5) is 26.2. The molecule has 0 saturated carbocycles. The maximum Gasteiger partial charge on any atom is 0.306 e. The van der Waals surface area contributed by atoms with Gasteiger partial charge in [0.05, 0.1) is 25.2 Å². The zero-order valence-electron chi connectivity index (χ0n) is 44.0. The molecule has 386 valence electrons. The molecule has 0 aliphatic rings. The predicted molar refractivity (Wildman–Crippen MR) is 291 cm³/mol. The molecular formula is C61H107NO5. The molecule has 0 aromatic carbocycles. The van der Waals surface area contributed by atoms with Gasteiger partial charge in [-0.25, -0.2) is 0 Å². The number of hydrogen-bond donors (Lipinski definition) is 3. The average Bonchev–Trinajstić information content (AvgIpc) is 3.32. The van der Waals surface area contributed by atoms with Gasteiger partial charge >= 0.3 is 5.97 Å². The minimum absolute atomic E-state index is 0.0339. The summed E-state index contributed by atoms with van der Waals surface area (Å²) in [5, 5.41) is 23.9. The van der Waals surface area contributed by atoms with Crippen molar-refractivity contribution >= 4 is 11.9 Å². The van der Waals surface area contributed by atoms with Crippen LogP contribution >= 0.6 is 0 Å². The van der Waals surface area contributed by atoms with Gasteiger partial charge in [0.2, 0.25) is 5.91 Å². The first-order valence-corrected chi connectivity index (χ1v) is 28.3. The minimum Gasteiger partial charge on any atom is -0.462 e. The van der Waals surface area contributed by atoms with Crippen molar-refractivity contribution in [1.82, 2.24) is 5.32 Å². The van der Waals surface area contributed by atoms with Crippen LogP contribution in [0.1, 0.15) is 265 Å². The summed E-state index contributed by atoms with van der Waals surface area (Å²) < 4.78 is 5.91. The van der Waals surface area contributed by atoms with Crippen LogP contribution in [0.25, 0.3) is 0 Å². The monoisotopic (exact) mass is 934 g/mol. The Balaban J connectivity index is 4.71. The van der Waals surface area contributed by atoms with E-state index in [1.165, 1.54) is 122 Å². The van der Waals surface area contributed by atoms with Crippen molar-refractivity contribution in [3.8, 4) is 0 Å². The Morgan fingerprint density at radius 2 is 0.851 bits per heavy atom. The number of unbranched alkanes of at least 4 members (excludes halogenated alkanes) is 25. The third-order valence-electron chi connectivity index (χ3n) is 12.5. The van der Waals surface area contributed by atoms with Crippen LogP contribution in [0.3, 0.4) is 0 Å². The number of hydrogen-bond acceptors (Lipinski definition) is 5. The molecule has 0 aromatic rings. The lowest BCUT2D eigenvalue weighted by Gasteiger charge is -2.24. The van der Waals surface area contributed by atoms with Crippen LogP contribution in [0.4, 0.5) is 0 Å². The molecule has 0 radical (unpaired) electrons. The quantitative estimate of drug-likeness (QED) is 0.0244. The van der Waals surface area contributed by atoms with Crippen LogP contribution in [0.15, 0.2) is 85.1 Å². The van der Waals surface area contributed by atoms with Crippen LogP contribution in [-0.2, 0) is 14.3 Å². The van der Waals surface area contributed by atoms with E-state index in [1.54, 1.807) is 0 Å². The molecule has 0 fully saturated rings. The minimum atomic E-state index is -0.809. The van der Waals surface area contributed by atoms with E-state index in [4.69, 9.17) is 4.74 Å². The number of aliphatic hydroxyl groups is 2. The maximum absolute atomic E-state index is 13.3. The predicted octanol–water partition coefficient (Wildman–Crippen LogP) is 17.5. The van der Waals surface area contributed by atoms with Crippen molar-refractivity contribution in [2.24, 2.45) is 0 Å². The van der Waals surface area contributed by atoms with Gasteiger partial charge in [-0.2, -0.15) is 0 Å². The van der Waals surface area contributed by atoms with Crippen LogP contribution in [0.2, 0.25) is 0 Å². The number of carbonyl (C=O) groups is 2. The molecule has 6 heteroatoms. The molecule has 0 aliphatic heterocycles. The molecule has 67 heavy (non-hydrogen) atoms. The van der Waals surface area contributed by atoms with Crippen molar-refractivity contribution in [1.29, 1.82) is 0 Å². The lowest BCUT2D eigenvalue weighted by molar-refractivity contribution is -0.151. The van der Waals surface area contributed by atoms with E-state index in [0.29, 0.717) is 25.7 Å². The van der Waals surface area contributed by atoms with E-state index in [9.17, 15) is 19.8 Å². The van der Waals surface area contributed by atoms with E-state index in [1.807, 2.05) is 0 Å². The smallest absolute Gasteiger partial charge is 0.306 e. The first-order chi connectivity index (χ1) is 33.0. The second-order valence-corrected chi connectivity index (χ2v) is 19.0. The fourth-order valence-corrected chi connectivity index (χ4v) is 8.22. The normalized spacial score (nSPS) is 13.8. The number of nitrogens with one attached hydrogen (secondary N) is 1. The van der Waals surface area contributed by atoms with Crippen molar-refractivity contribution in [2.75, 3.05) is 6.61 Å². The van der Waals surface area contributed by atoms with Gasteiger partial charge in [0, 0.05) is 6.42 Å². The van der Waals surface area contributed by atoms with Crippen molar-refractivity contribution < 1.29 is 24.5 Å². The van der Waals surface area contributed by atoms with Crippen molar-refractivity contribution in [3.63, 3.8) is 0 Å². The average molecular weight is 935 g/mol. The first-order valence-electron chi connectivity index (χ1n) is 28.3. The van der Waals surface area contributed by atoms with Gasteiger partial charge in [0.1, 0.15) is 6.10 Å². The molecule has 0 aliphatic carbocycles. The lowest BCUT2D eigenvalue weighted by Crippen LogP contribution is -2.46. The highest BCUT2D eigenvalue weighted by atomic mass is 16.5. The Labute approximate surface area is 414 Å². The zero-order valence-corrected chi connectivity index (χ0v) is 44.0. The summed E-state index contributed by atoms with van der Waals surface area (Å²) in [6.45, 7) is 6.36. The number of carbonyl (C=O) groups excluding carboxylic acids is 2. The van der Waals surface area contributed by atoms with Crippen LogP contribution in [0, 0.1) is 0 Å². The SMILES string of the molecule is CC/C=C\C/C=C\C/C=C\C/C=C\C/C=C\CCCC(=O)OC(CCCCC/C=C/C=C/CCCCCCCCC)CC(=O)NC(CO)C(O)CCCCCCCCCCCCCCCCC. The summed E-state index contributed by atoms with van der Waals surface area (Å²) in [5.74, 6) is -0.569. The molecule has 0 saturated heterocycles. The van der Waals surface area contributed by atoms with Crippen molar-refractivity contribution in [3.05, 3.63) is 85.1 Å². The van der Waals surface area contributed by atoms with Gasteiger partial charge in [-0.3, -0.25) is 9.59 Å². The van der Waals surface area contributed by atoms with E-state index in [0.717, 1.165) is 89.9 Å². The van der Waals surface area contributed by atoms with Gasteiger partial charge in [-0.15, -0.1) is 0 Å². The van der Waals surface area contributed by atoms with Crippen LogP contribution < -0.4 is 5.32 Å². The zero-order chi connectivity index (χ0) is 48.8. The number of allylic oxidation sites excluding steroid dienone is 14. The van der Waals surface area contributed by atoms with Crippen LogP contribution in [0.5, 0.6) is 0 Å². The summed E-state index contributed by atoms with van der Waals surface area (Å²) in [5.41, 5.74) is 0. The number of aliphatic hydroxyl groups excluding tert-OH is 2. The van der Waals surface area contributed by atoms with Gasteiger partial charge in [-0.05, 0) is 89.9 Å². The summed E-state index contributed by atoms with van der Waals surface area (Å²) in [6.07, 6.45) is 70.8. The Kier molecular flexibility index (Phi) is 51.6. The molecule has 0 aromatic heterocycles. The Hall–Kier alpha value is -2.96. The second kappa shape index (κ2) is 54.0. The highest BCUT2D eigenvalue weighted by Gasteiger charge is 2.24. The molecule has 0 bridgehead atoms. The highest BCUT2D eigenvalue weighted by Crippen LogP contribution is 2.17. The molecule has 3 atom stereocenters.